The molecular weight excluding hydrogens is 357 g/mol. The molecule has 0 aliphatic carbocycles. The second-order valence-corrected chi connectivity index (χ2v) is 3.29. The Labute approximate surface area is 104 Å². The van der Waals surface area contributed by atoms with Gasteiger partial charge in [0, 0.05) is 0 Å². The molecule has 0 fully saturated rings. The Kier molecular flexibility index (Phi) is 5.29. The zero-order chi connectivity index (χ0) is 17.0. The molecule has 0 saturated carbocycles. The summed E-state index contributed by atoms with van der Waals surface area (Å²) in [6.07, 6.45) is -15.0. The molecule has 0 aromatic carbocycles. The molecule has 0 spiro atoms. The Hall–Kier alpha value is -1.05. The van der Waals surface area contributed by atoms with Gasteiger partial charge in [0.1, 0.15) is 0 Å². The number of alkyl halides is 14. The van der Waals surface area contributed by atoms with Crippen molar-refractivity contribution in [2.75, 3.05) is 0 Å². The Balaban J connectivity index is 0. The molecule has 0 N–H and O–H groups in total. The SMILES string of the molecule is F.FC(F)(F)C(F)(F)C(F)(F)C(F)(F)C(F)(F)C(F)(F)F. The highest BCUT2D eigenvalue weighted by atomic mass is 19.4. The first-order valence-electron chi connectivity index (χ1n) is 3.90. The van der Waals surface area contributed by atoms with Crippen LogP contribution in [0.25, 0.3) is 0 Å². The summed E-state index contributed by atoms with van der Waals surface area (Å²) in [4.78, 5) is 0. The first-order chi connectivity index (χ1) is 8.25. The van der Waals surface area contributed by atoms with Gasteiger partial charge in [0.15, 0.2) is 0 Å². The fraction of sp³-hybridized carbons (Fsp3) is 1.00. The largest absolute Gasteiger partial charge is 0.460 e. The van der Waals surface area contributed by atoms with E-state index in [1.165, 1.54) is 0 Å². The van der Waals surface area contributed by atoms with Gasteiger partial charge in [-0.3, -0.25) is 4.70 Å². The molecule has 0 rings (SSSR count). The lowest BCUT2D eigenvalue weighted by atomic mass is 9.98. The second kappa shape index (κ2) is 5.00. The van der Waals surface area contributed by atoms with Crippen molar-refractivity contribution in [3.63, 3.8) is 0 Å². The zero-order valence-electron chi connectivity index (χ0n) is 8.70. The molecule has 0 aromatic heterocycles. The molecule has 130 valence electrons. The van der Waals surface area contributed by atoms with Crippen molar-refractivity contribution in [1.82, 2.24) is 0 Å². The highest BCUT2D eigenvalue weighted by Crippen LogP contribution is 2.60. The summed E-state index contributed by atoms with van der Waals surface area (Å²) in [5, 5.41) is 0. The summed E-state index contributed by atoms with van der Waals surface area (Å²) >= 11 is 0. The van der Waals surface area contributed by atoms with Gasteiger partial charge in [-0.1, -0.05) is 0 Å². The topological polar surface area (TPSA) is 0 Å². The maximum Gasteiger partial charge on any atom is 0.460 e. The Morgan fingerprint density at radius 3 is 0.524 bits per heavy atom. The number of rotatable bonds is 3. The van der Waals surface area contributed by atoms with Crippen molar-refractivity contribution in [3.05, 3.63) is 0 Å². The average Bonchev–Trinajstić information content (AvgIpc) is 2.12. The molecule has 0 bridgehead atoms. The van der Waals surface area contributed by atoms with Gasteiger partial charge in [-0.2, -0.15) is 61.5 Å². The van der Waals surface area contributed by atoms with Gasteiger partial charge in [0.25, 0.3) is 0 Å². The smallest absolute Gasteiger partial charge is 0.269 e. The predicted molar refractivity (Wildman–Crippen MR) is 34.4 cm³/mol. The lowest BCUT2D eigenvalue weighted by Crippen LogP contribution is -2.69. The van der Waals surface area contributed by atoms with Gasteiger partial charge in [-0.05, 0) is 0 Å². The van der Waals surface area contributed by atoms with E-state index < -0.39 is 36.0 Å². The van der Waals surface area contributed by atoms with Crippen LogP contribution < -0.4 is 0 Å². The van der Waals surface area contributed by atoms with Gasteiger partial charge in [0.2, 0.25) is 0 Å². The maximum absolute atomic E-state index is 12.3. The van der Waals surface area contributed by atoms with Crippen molar-refractivity contribution in [3.8, 4) is 0 Å². The Bertz CT molecular complexity index is 319. The third-order valence-corrected chi connectivity index (χ3v) is 1.90. The lowest BCUT2D eigenvalue weighted by Gasteiger charge is -2.37. The number of halogens is 15. The third kappa shape index (κ3) is 2.82. The lowest BCUT2D eigenvalue weighted by molar-refractivity contribution is -0.451. The van der Waals surface area contributed by atoms with E-state index in [1.54, 1.807) is 0 Å². The first kappa shape index (κ1) is 22.2. The summed E-state index contributed by atoms with van der Waals surface area (Å²) in [5.74, 6) is -31.7. The van der Waals surface area contributed by atoms with Crippen molar-refractivity contribution in [2.24, 2.45) is 0 Å². The van der Waals surface area contributed by atoms with Crippen molar-refractivity contribution in [2.45, 2.75) is 36.0 Å². The minimum absolute atomic E-state index is 0. The fourth-order valence-corrected chi connectivity index (χ4v) is 0.750. The predicted octanol–water partition coefficient (Wildman–Crippen LogP) is 4.80. The molecule has 0 heterocycles. The van der Waals surface area contributed by atoms with Gasteiger partial charge in [-0.15, -0.1) is 0 Å². The highest BCUT2D eigenvalue weighted by molar-refractivity contribution is 5.08. The Morgan fingerprint density at radius 2 is 0.429 bits per heavy atom. The van der Waals surface area contributed by atoms with Crippen LogP contribution >= 0.6 is 0 Å². The number of hydrogen-bond acceptors (Lipinski definition) is 0. The molecule has 0 radical (unpaired) electrons. The van der Waals surface area contributed by atoms with E-state index in [0.29, 0.717) is 0 Å². The summed E-state index contributed by atoms with van der Waals surface area (Å²) in [6.45, 7) is 0. The third-order valence-electron chi connectivity index (χ3n) is 1.90. The van der Waals surface area contributed by atoms with Crippen LogP contribution in [0.15, 0.2) is 0 Å². The average molecular weight is 358 g/mol. The molecule has 21 heavy (non-hydrogen) atoms. The van der Waals surface area contributed by atoms with E-state index in [-0.39, 0.29) is 4.70 Å². The molecular formula is C6HF15. The van der Waals surface area contributed by atoms with E-state index in [2.05, 4.69) is 0 Å². The van der Waals surface area contributed by atoms with E-state index >= 15 is 0 Å². The zero-order valence-corrected chi connectivity index (χ0v) is 8.70. The molecule has 0 aliphatic heterocycles. The second-order valence-electron chi connectivity index (χ2n) is 3.29. The molecule has 0 unspecified atom stereocenters. The molecule has 0 atom stereocenters. The highest BCUT2D eigenvalue weighted by Gasteiger charge is 2.91. The van der Waals surface area contributed by atoms with E-state index in [4.69, 9.17) is 0 Å². The van der Waals surface area contributed by atoms with Crippen molar-refractivity contribution >= 4 is 0 Å². The Morgan fingerprint density at radius 1 is 0.286 bits per heavy atom. The molecule has 0 aliphatic rings. The summed E-state index contributed by atoms with van der Waals surface area (Å²) < 4.78 is 166. The molecule has 15 heteroatoms. The minimum Gasteiger partial charge on any atom is -0.269 e. The summed E-state index contributed by atoms with van der Waals surface area (Å²) in [7, 11) is 0. The molecule has 0 nitrogen and oxygen atoms in total. The summed E-state index contributed by atoms with van der Waals surface area (Å²) in [6, 6.07) is 0. The number of hydrogen-bond donors (Lipinski definition) is 0. The van der Waals surface area contributed by atoms with Crippen LogP contribution in [0.4, 0.5) is 66.2 Å². The standard InChI is InChI=1S/C6F14.FH/c7-1(8,3(11,12)5(15,16)17)2(9,10)4(13,14)6(18,19)20;/h;1H. The quantitative estimate of drug-likeness (QED) is 0.636. The molecule has 0 aromatic rings. The fourth-order valence-electron chi connectivity index (χ4n) is 0.750. The van der Waals surface area contributed by atoms with Crippen molar-refractivity contribution < 1.29 is 66.2 Å². The van der Waals surface area contributed by atoms with Crippen LogP contribution in [0, 0.1) is 0 Å². The van der Waals surface area contributed by atoms with Crippen LogP contribution in [0.5, 0.6) is 0 Å². The van der Waals surface area contributed by atoms with Crippen molar-refractivity contribution in [1.29, 1.82) is 0 Å². The van der Waals surface area contributed by atoms with E-state index in [1.807, 2.05) is 0 Å². The monoisotopic (exact) mass is 358 g/mol. The minimum atomic E-state index is -8.04. The van der Waals surface area contributed by atoms with Gasteiger partial charge in [0.05, 0.1) is 0 Å². The van der Waals surface area contributed by atoms with Crippen LogP contribution in [0.3, 0.4) is 0 Å². The maximum atomic E-state index is 12.3. The van der Waals surface area contributed by atoms with Crippen LogP contribution in [-0.2, 0) is 0 Å². The van der Waals surface area contributed by atoms with Gasteiger partial charge in [-0.25, -0.2) is 0 Å². The van der Waals surface area contributed by atoms with E-state index in [0.717, 1.165) is 0 Å². The van der Waals surface area contributed by atoms with Crippen LogP contribution in [0.1, 0.15) is 0 Å². The van der Waals surface area contributed by atoms with Crippen LogP contribution in [-0.4, -0.2) is 36.0 Å². The van der Waals surface area contributed by atoms with E-state index in [9.17, 15) is 61.5 Å². The normalized spacial score (nSPS) is 15.7. The molecule has 0 saturated heterocycles. The first-order valence-corrected chi connectivity index (χ1v) is 3.90. The summed E-state index contributed by atoms with van der Waals surface area (Å²) in [5.41, 5.74) is 0. The van der Waals surface area contributed by atoms with Gasteiger partial charge >= 0.3 is 36.0 Å². The molecule has 0 amide bonds. The van der Waals surface area contributed by atoms with Crippen LogP contribution in [0.2, 0.25) is 0 Å². The van der Waals surface area contributed by atoms with Gasteiger partial charge < -0.3 is 0 Å².